The van der Waals surface area contributed by atoms with Gasteiger partial charge in [0.2, 0.25) is 0 Å². The van der Waals surface area contributed by atoms with E-state index in [4.69, 9.17) is 4.74 Å². The number of aromatic nitrogens is 1. The Morgan fingerprint density at radius 2 is 1.86 bits per heavy atom. The van der Waals surface area contributed by atoms with Crippen molar-refractivity contribution in [2.24, 2.45) is 0 Å². The highest BCUT2D eigenvalue weighted by molar-refractivity contribution is 5.37. The van der Waals surface area contributed by atoms with Gasteiger partial charge in [0.05, 0.1) is 12.3 Å². The van der Waals surface area contributed by atoms with Crippen LogP contribution in [0, 0.1) is 0 Å². The second-order valence-corrected chi connectivity index (χ2v) is 5.55. The molecule has 0 saturated heterocycles. The first-order valence-corrected chi connectivity index (χ1v) is 7.46. The third kappa shape index (κ3) is 3.61. The number of hydrogen-bond acceptors (Lipinski definition) is 3. The molecule has 0 spiro atoms. The van der Waals surface area contributed by atoms with Gasteiger partial charge >= 0.3 is 0 Å². The van der Waals surface area contributed by atoms with Crippen LogP contribution in [-0.4, -0.2) is 16.2 Å². The van der Waals surface area contributed by atoms with Gasteiger partial charge in [-0.25, -0.2) is 0 Å². The molecule has 0 fully saturated rings. The minimum atomic E-state index is -1.03. The molecule has 2 aromatic rings. The lowest BCUT2D eigenvalue weighted by Crippen LogP contribution is -2.27. The van der Waals surface area contributed by atoms with Crippen LogP contribution in [0.4, 0.5) is 0 Å². The van der Waals surface area contributed by atoms with Crippen molar-refractivity contribution in [3.05, 3.63) is 59.9 Å². The molecule has 0 amide bonds. The highest BCUT2D eigenvalue weighted by Gasteiger charge is 2.31. The highest BCUT2D eigenvalue weighted by Crippen LogP contribution is 2.35. The maximum atomic E-state index is 11.2. The fraction of sp³-hybridized carbons (Fsp3) is 0.389. The zero-order chi connectivity index (χ0) is 15.3. The van der Waals surface area contributed by atoms with Gasteiger partial charge in [0, 0.05) is 11.8 Å². The third-order valence-corrected chi connectivity index (χ3v) is 3.43. The summed E-state index contributed by atoms with van der Waals surface area (Å²) in [5.41, 5.74) is 0.628. The van der Waals surface area contributed by atoms with Crippen molar-refractivity contribution in [1.29, 1.82) is 0 Å². The second kappa shape index (κ2) is 6.72. The van der Waals surface area contributed by atoms with E-state index in [0.29, 0.717) is 12.2 Å². The molecular formula is C18H23NO2. The zero-order valence-electron chi connectivity index (χ0n) is 12.9. The normalized spacial score (nSPS) is 14.0. The van der Waals surface area contributed by atoms with Gasteiger partial charge in [-0.1, -0.05) is 43.7 Å². The maximum absolute atomic E-state index is 11.2. The van der Waals surface area contributed by atoms with Crippen molar-refractivity contribution in [3.63, 3.8) is 0 Å². The van der Waals surface area contributed by atoms with E-state index in [1.54, 1.807) is 12.4 Å². The lowest BCUT2D eigenvalue weighted by atomic mass is 9.83. The molecule has 1 heterocycles. The smallest absolute Gasteiger partial charge is 0.138 e. The molecule has 0 radical (unpaired) electrons. The summed E-state index contributed by atoms with van der Waals surface area (Å²) in [5.74, 6) is 0.688. The molecule has 112 valence electrons. The molecule has 2 rings (SSSR count). The first kappa shape index (κ1) is 15.5. The average molecular weight is 285 g/mol. The predicted molar refractivity (Wildman–Crippen MR) is 84.3 cm³/mol. The van der Waals surface area contributed by atoms with Crippen LogP contribution in [0.3, 0.4) is 0 Å². The Hall–Kier alpha value is -1.87. The molecule has 1 aromatic carbocycles. The van der Waals surface area contributed by atoms with Crippen LogP contribution < -0.4 is 4.74 Å². The summed E-state index contributed by atoms with van der Waals surface area (Å²) in [5, 5.41) is 11.2. The summed E-state index contributed by atoms with van der Waals surface area (Å²) in [6, 6.07) is 11.6. The minimum Gasteiger partial charge on any atom is -0.489 e. The minimum absolute atomic E-state index is 0.0815. The quantitative estimate of drug-likeness (QED) is 0.875. The fourth-order valence-corrected chi connectivity index (χ4v) is 2.51. The summed E-state index contributed by atoms with van der Waals surface area (Å²) >= 11 is 0. The summed E-state index contributed by atoms with van der Waals surface area (Å²) in [6.07, 6.45) is 5.00. The highest BCUT2D eigenvalue weighted by atomic mass is 16.5. The second-order valence-electron chi connectivity index (χ2n) is 5.55. The van der Waals surface area contributed by atoms with Crippen molar-refractivity contribution < 1.29 is 9.84 Å². The Morgan fingerprint density at radius 1 is 1.14 bits per heavy atom. The number of pyridine rings is 1. The van der Waals surface area contributed by atoms with E-state index in [2.05, 4.69) is 11.9 Å². The SMILES string of the molecule is CCCC(O)(c1ccccc1)c1cncc(OC(C)C)c1. The van der Waals surface area contributed by atoms with Crippen LogP contribution in [0.1, 0.15) is 44.7 Å². The molecule has 0 aliphatic rings. The molecule has 3 nitrogen and oxygen atoms in total. The molecule has 0 aliphatic carbocycles. The first-order valence-electron chi connectivity index (χ1n) is 7.46. The largest absolute Gasteiger partial charge is 0.489 e. The molecule has 0 saturated carbocycles. The van der Waals surface area contributed by atoms with Gasteiger partial charge in [-0.15, -0.1) is 0 Å². The average Bonchev–Trinajstić information content (AvgIpc) is 2.48. The number of rotatable bonds is 6. The summed E-state index contributed by atoms with van der Waals surface area (Å²) in [6.45, 7) is 6.01. The number of benzene rings is 1. The van der Waals surface area contributed by atoms with Gasteiger partial charge in [0.15, 0.2) is 0 Å². The Balaban J connectivity index is 2.43. The molecular weight excluding hydrogens is 262 g/mol. The van der Waals surface area contributed by atoms with E-state index < -0.39 is 5.60 Å². The van der Waals surface area contributed by atoms with Gasteiger partial charge < -0.3 is 9.84 Å². The van der Waals surface area contributed by atoms with Gasteiger partial charge in [-0.3, -0.25) is 4.98 Å². The summed E-state index contributed by atoms with van der Waals surface area (Å²) < 4.78 is 5.69. The van der Waals surface area contributed by atoms with Crippen LogP contribution in [-0.2, 0) is 5.60 Å². The Kier molecular flexibility index (Phi) is 4.97. The number of nitrogens with zero attached hydrogens (tertiary/aromatic N) is 1. The molecule has 0 aliphatic heterocycles. The number of hydrogen-bond donors (Lipinski definition) is 1. The van der Waals surface area contributed by atoms with Crippen molar-refractivity contribution in [3.8, 4) is 5.75 Å². The van der Waals surface area contributed by atoms with E-state index >= 15 is 0 Å². The van der Waals surface area contributed by atoms with Crippen molar-refractivity contribution in [1.82, 2.24) is 4.98 Å². The number of aliphatic hydroxyl groups is 1. The Labute approximate surface area is 126 Å². The lowest BCUT2D eigenvalue weighted by Gasteiger charge is -2.29. The van der Waals surface area contributed by atoms with Crippen LogP contribution >= 0.6 is 0 Å². The van der Waals surface area contributed by atoms with Crippen LogP contribution in [0.2, 0.25) is 0 Å². The monoisotopic (exact) mass is 285 g/mol. The Bertz CT molecular complexity index is 568. The number of ether oxygens (including phenoxy) is 1. The summed E-state index contributed by atoms with van der Waals surface area (Å²) in [4.78, 5) is 4.23. The zero-order valence-corrected chi connectivity index (χ0v) is 12.9. The maximum Gasteiger partial charge on any atom is 0.138 e. The third-order valence-electron chi connectivity index (χ3n) is 3.43. The standard InChI is InChI=1S/C18H23NO2/c1-4-10-18(20,15-8-6-5-7-9-15)16-11-17(13-19-12-16)21-14(2)3/h5-9,11-14,20H,4,10H2,1-3H3. The van der Waals surface area contributed by atoms with E-state index in [0.717, 1.165) is 17.5 Å². The van der Waals surface area contributed by atoms with E-state index in [-0.39, 0.29) is 6.10 Å². The molecule has 1 N–H and O–H groups in total. The van der Waals surface area contributed by atoms with Crippen LogP contribution in [0.5, 0.6) is 5.75 Å². The lowest BCUT2D eigenvalue weighted by molar-refractivity contribution is 0.0693. The van der Waals surface area contributed by atoms with Crippen molar-refractivity contribution in [2.75, 3.05) is 0 Å². The molecule has 1 aromatic heterocycles. The van der Waals surface area contributed by atoms with Gasteiger partial charge in [0.25, 0.3) is 0 Å². The predicted octanol–water partition coefficient (Wildman–Crippen LogP) is 3.90. The van der Waals surface area contributed by atoms with Crippen molar-refractivity contribution >= 4 is 0 Å². The molecule has 0 bridgehead atoms. The summed E-state index contributed by atoms with van der Waals surface area (Å²) in [7, 11) is 0. The van der Waals surface area contributed by atoms with E-state index in [9.17, 15) is 5.11 Å². The van der Waals surface area contributed by atoms with E-state index in [1.165, 1.54) is 0 Å². The molecule has 1 atom stereocenters. The topological polar surface area (TPSA) is 42.4 Å². The van der Waals surface area contributed by atoms with Crippen LogP contribution in [0.15, 0.2) is 48.8 Å². The van der Waals surface area contributed by atoms with Crippen LogP contribution in [0.25, 0.3) is 0 Å². The molecule has 3 heteroatoms. The van der Waals surface area contributed by atoms with Crippen molar-refractivity contribution in [2.45, 2.75) is 45.3 Å². The molecule has 21 heavy (non-hydrogen) atoms. The van der Waals surface area contributed by atoms with E-state index in [1.807, 2.05) is 50.2 Å². The Morgan fingerprint density at radius 3 is 2.48 bits per heavy atom. The van der Waals surface area contributed by atoms with Gasteiger partial charge in [-0.05, 0) is 31.9 Å². The fourth-order valence-electron chi connectivity index (χ4n) is 2.51. The van der Waals surface area contributed by atoms with Gasteiger partial charge in [-0.2, -0.15) is 0 Å². The van der Waals surface area contributed by atoms with Gasteiger partial charge in [0.1, 0.15) is 11.4 Å². The molecule has 1 unspecified atom stereocenters. The first-order chi connectivity index (χ1) is 10.1.